The molecule has 1 saturated heterocycles. The molecule has 0 radical (unpaired) electrons. The number of hydrogen-bond donors (Lipinski definition) is 1. The molecule has 2 aliphatic rings. The summed E-state index contributed by atoms with van der Waals surface area (Å²) >= 11 is 0. The Morgan fingerprint density at radius 3 is 2.70 bits per heavy atom. The van der Waals surface area contributed by atoms with Crippen LogP contribution in [-0.2, 0) is 13.1 Å². The van der Waals surface area contributed by atoms with Gasteiger partial charge in [-0.2, -0.15) is 0 Å². The second-order valence-electron chi connectivity index (χ2n) is 6.45. The summed E-state index contributed by atoms with van der Waals surface area (Å²) in [7, 11) is 0. The molecule has 0 aromatic heterocycles. The summed E-state index contributed by atoms with van der Waals surface area (Å²) in [4.78, 5) is 2.54. The molecule has 2 atom stereocenters. The van der Waals surface area contributed by atoms with Crippen LogP contribution in [0.1, 0.15) is 43.2 Å². The van der Waals surface area contributed by atoms with Gasteiger partial charge in [0.05, 0.1) is 0 Å². The Bertz CT molecular complexity index is 460. The van der Waals surface area contributed by atoms with Gasteiger partial charge in [-0.05, 0) is 54.5 Å². The van der Waals surface area contributed by atoms with Gasteiger partial charge in [-0.3, -0.25) is 4.90 Å². The fraction of sp³-hybridized carbons (Fsp3) is 0.647. The van der Waals surface area contributed by atoms with E-state index < -0.39 is 0 Å². The highest BCUT2D eigenvalue weighted by molar-refractivity contribution is 5.27. The smallest absolute Gasteiger partial charge is 0.123 e. The average molecular weight is 276 g/mol. The first kappa shape index (κ1) is 14.0. The van der Waals surface area contributed by atoms with E-state index in [1.165, 1.54) is 50.8 Å². The lowest BCUT2D eigenvalue weighted by molar-refractivity contribution is 0.0819. The molecule has 1 aromatic rings. The largest absolute Gasteiger partial charge is 0.326 e. The Hall–Kier alpha value is -0.930. The van der Waals surface area contributed by atoms with E-state index in [2.05, 4.69) is 4.90 Å². The van der Waals surface area contributed by atoms with Crippen LogP contribution in [0.2, 0.25) is 0 Å². The maximum Gasteiger partial charge on any atom is 0.123 e. The van der Waals surface area contributed by atoms with Gasteiger partial charge in [0.25, 0.3) is 0 Å². The lowest BCUT2D eigenvalue weighted by Crippen LogP contribution is -2.41. The van der Waals surface area contributed by atoms with Crippen LogP contribution in [0.15, 0.2) is 18.2 Å². The second-order valence-corrected chi connectivity index (χ2v) is 6.45. The maximum atomic E-state index is 13.3. The van der Waals surface area contributed by atoms with Gasteiger partial charge in [-0.25, -0.2) is 4.39 Å². The first-order chi connectivity index (χ1) is 9.76. The van der Waals surface area contributed by atoms with Crippen molar-refractivity contribution in [2.75, 3.05) is 13.1 Å². The zero-order chi connectivity index (χ0) is 13.9. The third-order valence-electron chi connectivity index (χ3n) is 5.16. The molecule has 3 heteroatoms. The van der Waals surface area contributed by atoms with Gasteiger partial charge in [-0.1, -0.05) is 25.3 Å². The van der Waals surface area contributed by atoms with E-state index in [9.17, 15) is 4.39 Å². The van der Waals surface area contributed by atoms with E-state index in [0.29, 0.717) is 6.54 Å². The van der Waals surface area contributed by atoms with E-state index in [0.717, 1.165) is 23.9 Å². The van der Waals surface area contributed by atoms with E-state index >= 15 is 0 Å². The highest BCUT2D eigenvalue weighted by atomic mass is 19.1. The van der Waals surface area contributed by atoms with Crippen molar-refractivity contribution in [3.63, 3.8) is 0 Å². The maximum absolute atomic E-state index is 13.3. The number of hydrogen-bond acceptors (Lipinski definition) is 2. The Balaban J connectivity index is 1.66. The van der Waals surface area contributed by atoms with Crippen molar-refractivity contribution in [1.82, 2.24) is 4.90 Å². The second kappa shape index (κ2) is 6.23. The van der Waals surface area contributed by atoms with Crippen LogP contribution in [0.5, 0.6) is 0 Å². The van der Waals surface area contributed by atoms with E-state index in [1.54, 1.807) is 12.1 Å². The van der Waals surface area contributed by atoms with Crippen LogP contribution in [0, 0.1) is 17.7 Å². The Morgan fingerprint density at radius 1 is 1.10 bits per heavy atom. The minimum absolute atomic E-state index is 0.180. The molecular formula is C17H25FN2. The van der Waals surface area contributed by atoms with Gasteiger partial charge < -0.3 is 5.73 Å². The number of fused-ring (bicyclic) bond motifs is 1. The molecule has 110 valence electrons. The highest BCUT2D eigenvalue weighted by Crippen LogP contribution is 2.36. The molecule has 2 N–H and O–H groups in total. The van der Waals surface area contributed by atoms with Crippen molar-refractivity contribution in [3.8, 4) is 0 Å². The predicted molar refractivity (Wildman–Crippen MR) is 79.6 cm³/mol. The molecule has 2 unspecified atom stereocenters. The standard InChI is InChI=1S/C17H25FN2/c18-17-6-5-15(16(9-17)10-19)12-20-8-7-13-3-1-2-4-14(13)11-20/h5-6,9,13-14H,1-4,7-8,10-12,19H2. The quantitative estimate of drug-likeness (QED) is 0.918. The first-order valence-corrected chi connectivity index (χ1v) is 7.96. The molecular weight excluding hydrogens is 251 g/mol. The Morgan fingerprint density at radius 2 is 1.90 bits per heavy atom. The molecule has 1 aromatic carbocycles. The summed E-state index contributed by atoms with van der Waals surface area (Å²) in [5.74, 6) is 1.67. The van der Waals surface area contributed by atoms with Crippen molar-refractivity contribution in [3.05, 3.63) is 35.1 Å². The van der Waals surface area contributed by atoms with E-state index in [4.69, 9.17) is 5.73 Å². The number of rotatable bonds is 3. The topological polar surface area (TPSA) is 29.3 Å². The minimum atomic E-state index is -0.180. The van der Waals surface area contributed by atoms with Crippen molar-refractivity contribution in [1.29, 1.82) is 0 Å². The SMILES string of the molecule is NCc1cc(F)ccc1CN1CCC2CCCCC2C1. The molecule has 1 saturated carbocycles. The first-order valence-electron chi connectivity index (χ1n) is 7.96. The predicted octanol–water partition coefficient (Wildman–Crippen LogP) is 3.30. The Kier molecular flexibility index (Phi) is 4.37. The molecule has 3 rings (SSSR count). The molecule has 1 aliphatic carbocycles. The Labute approximate surface area is 121 Å². The van der Waals surface area contributed by atoms with Crippen LogP contribution in [0.3, 0.4) is 0 Å². The number of piperidine rings is 1. The van der Waals surface area contributed by atoms with Gasteiger partial charge in [0, 0.05) is 19.6 Å². The molecule has 20 heavy (non-hydrogen) atoms. The third kappa shape index (κ3) is 3.04. The molecule has 2 fully saturated rings. The molecule has 1 heterocycles. The summed E-state index contributed by atoms with van der Waals surface area (Å²) in [6.07, 6.45) is 7.00. The van der Waals surface area contributed by atoms with Gasteiger partial charge in [0.2, 0.25) is 0 Å². The van der Waals surface area contributed by atoms with Crippen LogP contribution in [0.4, 0.5) is 4.39 Å². The molecule has 0 spiro atoms. The number of nitrogens with zero attached hydrogens (tertiary/aromatic N) is 1. The normalized spacial score (nSPS) is 27.3. The minimum Gasteiger partial charge on any atom is -0.326 e. The van der Waals surface area contributed by atoms with Gasteiger partial charge in [0.1, 0.15) is 5.82 Å². The van der Waals surface area contributed by atoms with Crippen LogP contribution >= 0.6 is 0 Å². The molecule has 1 aliphatic heterocycles. The van der Waals surface area contributed by atoms with Gasteiger partial charge >= 0.3 is 0 Å². The zero-order valence-corrected chi connectivity index (χ0v) is 12.2. The molecule has 0 bridgehead atoms. The van der Waals surface area contributed by atoms with Crippen LogP contribution < -0.4 is 5.73 Å². The summed E-state index contributed by atoms with van der Waals surface area (Å²) in [6.45, 7) is 3.75. The average Bonchev–Trinajstić information content (AvgIpc) is 2.49. The number of likely N-dealkylation sites (tertiary alicyclic amines) is 1. The fourth-order valence-corrected chi connectivity index (χ4v) is 4.00. The summed E-state index contributed by atoms with van der Waals surface area (Å²) in [6, 6.07) is 5.05. The lowest BCUT2D eigenvalue weighted by Gasteiger charge is -2.41. The fourth-order valence-electron chi connectivity index (χ4n) is 4.00. The monoisotopic (exact) mass is 276 g/mol. The highest BCUT2D eigenvalue weighted by Gasteiger charge is 2.31. The van der Waals surface area contributed by atoms with Crippen molar-refractivity contribution in [2.24, 2.45) is 17.6 Å². The van der Waals surface area contributed by atoms with E-state index in [-0.39, 0.29) is 5.82 Å². The summed E-state index contributed by atoms with van der Waals surface area (Å²) < 4.78 is 13.3. The van der Waals surface area contributed by atoms with Crippen molar-refractivity contribution < 1.29 is 4.39 Å². The van der Waals surface area contributed by atoms with Crippen molar-refractivity contribution in [2.45, 2.75) is 45.2 Å². The van der Waals surface area contributed by atoms with Crippen LogP contribution in [0.25, 0.3) is 0 Å². The number of halogens is 1. The van der Waals surface area contributed by atoms with E-state index in [1.807, 2.05) is 6.07 Å². The van der Waals surface area contributed by atoms with Gasteiger partial charge in [0.15, 0.2) is 0 Å². The van der Waals surface area contributed by atoms with Crippen LogP contribution in [-0.4, -0.2) is 18.0 Å². The molecule has 2 nitrogen and oxygen atoms in total. The van der Waals surface area contributed by atoms with Gasteiger partial charge in [-0.15, -0.1) is 0 Å². The number of nitrogens with two attached hydrogens (primary N) is 1. The van der Waals surface area contributed by atoms with Crippen molar-refractivity contribution >= 4 is 0 Å². The summed E-state index contributed by atoms with van der Waals surface area (Å²) in [5, 5.41) is 0. The number of benzene rings is 1. The third-order valence-corrected chi connectivity index (χ3v) is 5.16. The summed E-state index contributed by atoms with van der Waals surface area (Å²) in [5.41, 5.74) is 7.90. The lowest BCUT2D eigenvalue weighted by atomic mass is 9.75. The molecule has 0 amide bonds. The zero-order valence-electron chi connectivity index (χ0n) is 12.2.